The van der Waals surface area contributed by atoms with Gasteiger partial charge in [0.25, 0.3) is 0 Å². The van der Waals surface area contributed by atoms with Crippen LogP contribution in [0.2, 0.25) is 0 Å². The maximum atomic E-state index is 12.6. The fraction of sp³-hybridized carbons (Fsp3) is 0.188. The Morgan fingerprint density at radius 2 is 2.09 bits per heavy atom. The van der Waals surface area contributed by atoms with Crippen molar-refractivity contribution >= 4 is 20.9 Å². The standard InChI is InChI=1S/C16H16N2O4S/c1-11-6-7-15(12-4-2-8-17-16(11)12)23(20,21)18-10-13(19)14-5-3-9-22-14/h2-9,13,18-19H,10H2,1H3. The van der Waals surface area contributed by atoms with E-state index in [4.69, 9.17) is 4.42 Å². The second-order valence-electron chi connectivity index (χ2n) is 5.16. The van der Waals surface area contributed by atoms with Gasteiger partial charge in [-0.3, -0.25) is 4.98 Å². The van der Waals surface area contributed by atoms with Crippen LogP contribution in [0.4, 0.5) is 0 Å². The first-order valence-electron chi connectivity index (χ1n) is 7.04. The van der Waals surface area contributed by atoms with Gasteiger partial charge in [-0.05, 0) is 42.8 Å². The minimum atomic E-state index is -3.78. The molecule has 0 amide bonds. The van der Waals surface area contributed by atoms with Crippen molar-refractivity contribution in [2.75, 3.05) is 6.54 Å². The zero-order valence-corrected chi connectivity index (χ0v) is 13.2. The van der Waals surface area contributed by atoms with Gasteiger partial charge in [-0.15, -0.1) is 0 Å². The maximum absolute atomic E-state index is 12.6. The molecule has 2 N–H and O–H groups in total. The maximum Gasteiger partial charge on any atom is 0.241 e. The van der Waals surface area contributed by atoms with Gasteiger partial charge in [0.15, 0.2) is 0 Å². The van der Waals surface area contributed by atoms with Crippen LogP contribution in [0.5, 0.6) is 0 Å². The summed E-state index contributed by atoms with van der Waals surface area (Å²) < 4.78 is 32.6. The zero-order valence-electron chi connectivity index (χ0n) is 12.4. The van der Waals surface area contributed by atoms with Gasteiger partial charge in [0, 0.05) is 18.1 Å². The summed E-state index contributed by atoms with van der Waals surface area (Å²) in [5.74, 6) is 0.308. The first-order chi connectivity index (χ1) is 11.0. The number of aromatic nitrogens is 1. The molecule has 0 radical (unpaired) electrons. The highest BCUT2D eigenvalue weighted by atomic mass is 32.2. The molecule has 2 aromatic heterocycles. The lowest BCUT2D eigenvalue weighted by Crippen LogP contribution is -2.28. The fourth-order valence-electron chi connectivity index (χ4n) is 2.37. The van der Waals surface area contributed by atoms with Crippen molar-refractivity contribution in [2.24, 2.45) is 0 Å². The molecule has 7 heteroatoms. The molecule has 6 nitrogen and oxygen atoms in total. The van der Waals surface area contributed by atoms with Crippen LogP contribution in [-0.2, 0) is 10.0 Å². The number of benzene rings is 1. The van der Waals surface area contributed by atoms with Crippen LogP contribution >= 0.6 is 0 Å². The highest BCUT2D eigenvalue weighted by Gasteiger charge is 2.20. The number of hydrogen-bond acceptors (Lipinski definition) is 5. The Morgan fingerprint density at radius 3 is 2.83 bits per heavy atom. The predicted molar refractivity (Wildman–Crippen MR) is 85.3 cm³/mol. The van der Waals surface area contributed by atoms with Crippen LogP contribution in [0.3, 0.4) is 0 Å². The molecule has 1 atom stereocenters. The summed E-state index contributed by atoms with van der Waals surface area (Å²) in [6.07, 6.45) is 2.00. The number of rotatable bonds is 5. The number of aliphatic hydroxyl groups excluding tert-OH is 1. The molecule has 3 aromatic rings. The molecular formula is C16H16N2O4S. The SMILES string of the molecule is Cc1ccc(S(=O)(=O)NCC(O)c2ccco2)c2cccnc12. The number of nitrogens with zero attached hydrogens (tertiary/aromatic N) is 1. The van der Waals surface area contributed by atoms with Gasteiger partial charge in [-0.2, -0.15) is 0 Å². The van der Waals surface area contributed by atoms with E-state index in [9.17, 15) is 13.5 Å². The number of pyridine rings is 1. The number of hydrogen-bond donors (Lipinski definition) is 2. The minimum Gasteiger partial charge on any atom is -0.467 e. The fourth-order valence-corrected chi connectivity index (χ4v) is 3.60. The van der Waals surface area contributed by atoms with Gasteiger partial charge in [0.1, 0.15) is 11.9 Å². The quantitative estimate of drug-likeness (QED) is 0.747. The van der Waals surface area contributed by atoms with Crippen molar-refractivity contribution in [3.05, 3.63) is 60.2 Å². The van der Waals surface area contributed by atoms with Crippen LogP contribution in [-0.4, -0.2) is 25.1 Å². The highest BCUT2D eigenvalue weighted by molar-refractivity contribution is 7.89. The number of nitrogens with one attached hydrogen (secondary N) is 1. The van der Waals surface area contributed by atoms with Crippen molar-refractivity contribution in [3.63, 3.8) is 0 Å². The summed E-state index contributed by atoms with van der Waals surface area (Å²) in [6, 6.07) is 9.88. The van der Waals surface area contributed by atoms with Gasteiger partial charge >= 0.3 is 0 Å². The van der Waals surface area contributed by atoms with Crippen molar-refractivity contribution < 1.29 is 17.9 Å². The van der Waals surface area contributed by atoms with Crippen molar-refractivity contribution in [3.8, 4) is 0 Å². The molecule has 2 heterocycles. The lowest BCUT2D eigenvalue weighted by molar-refractivity contribution is 0.154. The molecule has 1 unspecified atom stereocenters. The Hall–Kier alpha value is -2.22. The average Bonchev–Trinajstić information content (AvgIpc) is 3.07. The van der Waals surface area contributed by atoms with Gasteiger partial charge in [-0.25, -0.2) is 13.1 Å². The van der Waals surface area contributed by atoms with E-state index in [0.29, 0.717) is 16.7 Å². The number of fused-ring (bicyclic) bond motifs is 1. The first-order valence-corrected chi connectivity index (χ1v) is 8.53. The molecular weight excluding hydrogens is 316 g/mol. The lowest BCUT2D eigenvalue weighted by Gasteiger charge is -2.12. The molecule has 0 saturated carbocycles. The van der Waals surface area contributed by atoms with Gasteiger partial charge in [0.2, 0.25) is 10.0 Å². The number of aliphatic hydroxyl groups is 1. The number of aryl methyl sites for hydroxylation is 1. The Morgan fingerprint density at radius 1 is 1.26 bits per heavy atom. The monoisotopic (exact) mass is 332 g/mol. The van der Waals surface area contributed by atoms with Crippen LogP contribution in [0, 0.1) is 6.92 Å². The summed E-state index contributed by atoms with van der Waals surface area (Å²) in [5.41, 5.74) is 1.54. The molecule has 0 spiro atoms. The van der Waals surface area contributed by atoms with E-state index >= 15 is 0 Å². The Bertz CT molecular complexity index is 920. The van der Waals surface area contributed by atoms with Gasteiger partial charge < -0.3 is 9.52 Å². The normalized spacial score (nSPS) is 13.3. The van der Waals surface area contributed by atoms with E-state index in [1.54, 1.807) is 42.6 Å². The van der Waals surface area contributed by atoms with E-state index < -0.39 is 16.1 Å². The van der Waals surface area contributed by atoms with E-state index in [2.05, 4.69) is 9.71 Å². The molecule has 0 bridgehead atoms. The largest absolute Gasteiger partial charge is 0.467 e. The smallest absolute Gasteiger partial charge is 0.241 e. The number of furan rings is 1. The molecule has 0 aliphatic rings. The second-order valence-corrected chi connectivity index (χ2v) is 6.90. The minimum absolute atomic E-state index is 0.137. The summed E-state index contributed by atoms with van der Waals surface area (Å²) in [5, 5.41) is 10.5. The molecule has 23 heavy (non-hydrogen) atoms. The van der Waals surface area contributed by atoms with Crippen molar-refractivity contribution in [1.82, 2.24) is 9.71 Å². The lowest BCUT2D eigenvalue weighted by atomic mass is 10.1. The van der Waals surface area contributed by atoms with Crippen LogP contribution in [0.15, 0.2) is 58.2 Å². The van der Waals surface area contributed by atoms with Crippen LogP contribution in [0.25, 0.3) is 10.9 Å². The third kappa shape index (κ3) is 3.12. The molecule has 0 aliphatic carbocycles. The molecule has 0 aliphatic heterocycles. The predicted octanol–water partition coefficient (Wildman–Crippen LogP) is 2.15. The third-order valence-corrected chi connectivity index (χ3v) is 5.04. The van der Waals surface area contributed by atoms with Crippen LogP contribution in [0.1, 0.15) is 17.4 Å². The average molecular weight is 332 g/mol. The van der Waals surface area contributed by atoms with E-state index in [-0.39, 0.29) is 11.4 Å². The topological polar surface area (TPSA) is 92.4 Å². The first kappa shape index (κ1) is 15.7. The summed E-state index contributed by atoms with van der Waals surface area (Å²) in [7, 11) is -3.78. The molecule has 3 rings (SSSR count). The third-order valence-electron chi connectivity index (χ3n) is 3.56. The Balaban J connectivity index is 1.90. The molecule has 0 fully saturated rings. The summed E-state index contributed by atoms with van der Waals surface area (Å²) in [6.45, 7) is 1.70. The zero-order chi connectivity index (χ0) is 16.4. The highest BCUT2D eigenvalue weighted by Crippen LogP contribution is 2.24. The Labute approximate surface area is 133 Å². The van der Waals surface area contributed by atoms with Crippen molar-refractivity contribution in [2.45, 2.75) is 17.9 Å². The summed E-state index contributed by atoms with van der Waals surface area (Å²) in [4.78, 5) is 4.37. The molecule has 120 valence electrons. The molecule has 0 saturated heterocycles. The molecule has 1 aromatic carbocycles. The second kappa shape index (κ2) is 6.11. The summed E-state index contributed by atoms with van der Waals surface area (Å²) >= 11 is 0. The van der Waals surface area contributed by atoms with Crippen molar-refractivity contribution in [1.29, 1.82) is 0 Å². The van der Waals surface area contributed by atoms with E-state index in [0.717, 1.165) is 5.56 Å². The van der Waals surface area contributed by atoms with Gasteiger partial charge in [-0.1, -0.05) is 6.07 Å². The van der Waals surface area contributed by atoms with E-state index in [1.165, 1.54) is 6.26 Å². The van der Waals surface area contributed by atoms with E-state index in [1.807, 2.05) is 6.92 Å². The van der Waals surface area contributed by atoms with Crippen LogP contribution < -0.4 is 4.72 Å². The Kier molecular flexibility index (Phi) is 4.16. The van der Waals surface area contributed by atoms with Gasteiger partial charge in [0.05, 0.1) is 16.7 Å². The number of sulfonamides is 1.